The molecule has 3 rings (SSSR count). The van der Waals surface area contributed by atoms with Crippen molar-refractivity contribution in [2.45, 2.75) is 31.6 Å². The lowest BCUT2D eigenvalue weighted by molar-refractivity contribution is -0.0427. The third kappa shape index (κ3) is 2.27. The lowest BCUT2D eigenvalue weighted by atomic mass is 10.2. The Labute approximate surface area is 105 Å². The first-order valence-electron chi connectivity index (χ1n) is 6.21. The minimum atomic E-state index is -0.327. The van der Waals surface area contributed by atoms with Gasteiger partial charge in [-0.3, -0.25) is 15.1 Å². The summed E-state index contributed by atoms with van der Waals surface area (Å²) in [6, 6.07) is 1.74. The highest BCUT2D eigenvalue weighted by Crippen LogP contribution is 2.27. The van der Waals surface area contributed by atoms with Gasteiger partial charge in [0.05, 0.1) is 24.3 Å². The number of nitrogens with zero attached hydrogens (tertiary/aromatic N) is 1. The summed E-state index contributed by atoms with van der Waals surface area (Å²) in [6.07, 6.45) is 4.48. The zero-order valence-electron chi connectivity index (χ0n) is 10.1. The Bertz CT molecular complexity index is 434. The quantitative estimate of drug-likeness (QED) is 0.457. The maximum absolute atomic E-state index is 11.3. The standard InChI is InChI=1S/C12H17N3O3/c13-14-12(16)8-3-11(17-7-8)6-15-4-9-1-2-10(5-15)18-9/h3,7,9-10H,1-2,4-6,13H2,(H,14,16). The van der Waals surface area contributed by atoms with Crippen LogP contribution in [0.3, 0.4) is 0 Å². The molecule has 2 aliphatic rings. The van der Waals surface area contributed by atoms with Crippen molar-refractivity contribution in [1.82, 2.24) is 10.3 Å². The van der Waals surface area contributed by atoms with Gasteiger partial charge in [-0.05, 0) is 18.9 Å². The number of rotatable bonds is 3. The van der Waals surface area contributed by atoms with E-state index in [1.165, 1.54) is 6.26 Å². The number of furan rings is 1. The molecule has 18 heavy (non-hydrogen) atoms. The van der Waals surface area contributed by atoms with Crippen LogP contribution in [0.1, 0.15) is 29.0 Å². The van der Waals surface area contributed by atoms with Crippen molar-refractivity contribution in [2.75, 3.05) is 13.1 Å². The molecule has 3 N–H and O–H groups in total. The molecule has 0 aliphatic carbocycles. The van der Waals surface area contributed by atoms with Gasteiger partial charge in [0, 0.05) is 13.1 Å². The highest BCUT2D eigenvalue weighted by atomic mass is 16.5. The van der Waals surface area contributed by atoms with Crippen molar-refractivity contribution in [1.29, 1.82) is 0 Å². The zero-order valence-corrected chi connectivity index (χ0v) is 10.1. The van der Waals surface area contributed by atoms with Gasteiger partial charge in [0.1, 0.15) is 12.0 Å². The number of hydrazine groups is 1. The lowest BCUT2D eigenvalue weighted by Gasteiger charge is -2.31. The van der Waals surface area contributed by atoms with Gasteiger partial charge in [-0.1, -0.05) is 0 Å². The van der Waals surface area contributed by atoms with E-state index in [2.05, 4.69) is 10.3 Å². The average Bonchev–Trinajstić information content (AvgIpc) is 2.96. The smallest absolute Gasteiger partial charge is 0.268 e. The number of carbonyl (C=O) groups excluding carboxylic acids is 1. The highest BCUT2D eigenvalue weighted by Gasteiger charge is 2.33. The predicted molar refractivity (Wildman–Crippen MR) is 63.5 cm³/mol. The Hall–Kier alpha value is -1.37. The number of nitrogens with one attached hydrogen (secondary N) is 1. The number of amides is 1. The van der Waals surface area contributed by atoms with E-state index >= 15 is 0 Å². The summed E-state index contributed by atoms with van der Waals surface area (Å²) in [6.45, 7) is 2.60. The van der Waals surface area contributed by atoms with Crippen LogP contribution in [-0.4, -0.2) is 36.1 Å². The first-order chi connectivity index (χ1) is 8.74. The van der Waals surface area contributed by atoms with Gasteiger partial charge in [0.2, 0.25) is 0 Å². The summed E-state index contributed by atoms with van der Waals surface area (Å²) in [7, 11) is 0. The Morgan fingerprint density at radius 1 is 1.44 bits per heavy atom. The number of carbonyl (C=O) groups is 1. The molecule has 2 saturated heterocycles. The fraction of sp³-hybridized carbons (Fsp3) is 0.583. The molecule has 1 aromatic rings. The van der Waals surface area contributed by atoms with E-state index in [9.17, 15) is 4.79 Å². The lowest BCUT2D eigenvalue weighted by Crippen LogP contribution is -2.41. The molecule has 6 heteroatoms. The first-order valence-corrected chi connectivity index (χ1v) is 6.21. The largest absolute Gasteiger partial charge is 0.467 e. The number of morpholine rings is 1. The average molecular weight is 251 g/mol. The van der Waals surface area contributed by atoms with Crippen LogP contribution in [0.5, 0.6) is 0 Å². The minimum Gasteiger partial charge on any atom is -0.467 e. The maximum atomic E-state index is 11.3. The second-order valence-corrected chi connectivity index (χ2v) is 4.93. The van der Waals surface area contributed by atoms with Crippen LogP contribution in [0.15, 0.2) is 16.7 Å². The third-order valence-electron chi connectivity index (χ3n) is 3.55. The van der Waals surface area contributed by atoms with Crippen molar-refractivity contribution >= 4 is 5.91 Å². The minimum absolute atomic E-state index is 0.327. The van der Waals surface area contributed by atoms with E-state index < -0.39 is 0 Å². The predicted octanol–water partition coefficient (Wildman–Crippen LogP) is 0.246. The third-order valence-corrected chi connectivity index (χ3v) is 3.55. The zero-order chi connectivity index (χ0) is 12.5. The van der Waals surface area contributed by atoms with Crippen LogP contribution >= 0.6 is 0 Å². The van der Waals surface area contributed by atoms with Crippen molar-refractivity contribution < 1.29 is 13.9 Å². The Balaban J connectivity index is 1.62. The highest BCUT2D eigenvalue weighted by molar-refractivity contribution is 5.93. The summed E-state index contributed by atoms with van der Waals surface area (Å²) in [5.41, 5.74) is 2.55. The fourth-order valence-corrected chi connectivity index (χ4v) is 2.71. The van der Waals surface area contributed by atoms with Gasteiger partial charge in [-0.2, -0.15) is 0 Å². The number of nitrogens with two attached hydrogens (primary N) is 1. The van der Waals surface area contributed by atoms with Crippen LogP contribution < -0.4 is 11.3 Å². The molecule has 0 radical (unpaired) electrons. The van der Waals surface area contributed by atoms with E-state index in [4.69, 9.17) is 15.0 Å². The van der Waals surface area contributed by atoms with E-state index in [1.807, 2.05) is 0 Å². The summed E-state index contributed by atoms with van der Waals surface area (Å²) in [5.74, 6) is 5.53. The Morgan fingerprint density at radius 2 is 2.17 bits per heavy atom. The van der Waals surface area contributed by atoms with E-state index in [0.717, 1.165) is 31.7 Å². The summed E-state index contributed by atoms with van der Waals surface area (Å²) >= 11 is 0. The maximum Gasteiger partial charge on any atom is 0.268 e. The van der Waals surface area contributed by atoms with Crippen molar-refractivity contribution in [3.63, 3.8) is 0 Å². The molecule has 0 aromatic carbocycles. The molecule has 2 unspecified atom stereocenters. The molecule has 1 amide bonds. The summed E-state index contributed by atoms with van der Waals surface area (Å²) in [5, 5.41) is 0. The second-order valence-electron chi connectivity index (χ2n) is 4.93. The molecular formula is C12H17N3O3. The topological polar surface area (TPSA) is 80.7 Å². The molecule has 0 saturated carbocycles. The molecule has 6 nitrogen and oxygen atoms in total. The molecule has 3 heterocycles. The molecule has 2 bridgehead atoms. The normalized spacial score (nSPS) is 27.4. The van der Waals surface area contributed by atoms with Crippen LogP contribution in [-0.2, 0) is 11.3 Å². The molecule has 0 spiro atoms. The second kappa shape index (κ2) is 4.72. The van der Waals surface area contributed by atoms with Crippen molar-refractivity contribution in [3.8, 4) is 0 Å². The van der Waals surface area contributed by atoms with Gasteiger partial charge in [0.25, 0.3) is 5.91 Å². The van der Waals surface area contributed by atoms with Crippen LogP contribution in [0.2, 0.25) is 0 Å². The number of likely N-dealkylation sites (tertiary alicyclic amines) is 1. The fourth-order valence-electron chi connectivity index (χ4n) is 2.71. The van der Waals surface area contributed by atoms with Crippen LogP contribution in [0.25, 0.3) is 0 Å². The monoisotopic (exact) mass is 251 g/mol. The van der Waals surface area contributed by atoms with Crippen LogP contribution in [0.4, 0.5) is 0 Å². The first kappa shape index (κ1) is 11.7. The Morgan fingerprint density at radius 3 is 2.83 bits per heavy atom. The molecule has 98 valence electrons. The number of ether oxygens (including phenoxy) is 1. The van der Waals surface area contributed by atoms with Gasteiger partial charge in [-0.25, -0.2) is 5.84 Å². The number of fused-ring (bicyclic) bond motifs is 2. The number of nitrogen functional groups attached to an aromatic ring is 1. The number of hydrogen-bond acceptors (Lipinski definition) is 5. The summed E-state index contributed by atoms with van der Waals surface area (Å²) < 4.78 is 11.2. The van der Waals surface area contributed by atoms with Gasteiger partial charge < -0.3 is 9.15 Å². The van der Waals surface area contributed by atoms with Gasteiger partial charge in [-0.15, -0.1) is 0 Å². The Kier molecular flexibility index (Phi) is 3.07. The molecule has 2 atom stereocenters. The van der Waals surface area contributed by atoms with E-state index in [0.29, 0.717) is 24.3 Å². The molecule has 1 aromatic heterocycles. The van der Waals surface area contributed by atoms with Crippen molar-refractivity contribution in [3.05, 3.63) is 23.7 Å². The van der Waals surface area contributed by atoms with E-state index in [1.54, 1.807) is 6.07 Å². The SMILES string of the molecule is NNC(=O)c1coc(CN2CC3CCC(C2)O3)c1. The molecular weight excluding hydrogens is 234 g/mol. The van der Waals surface area contributed by atoms with Crippen molar-refractivity contribution in [2.24, 2.45) is 5.84 Å². The number of hydrogen-bond donors (Lipinski definition) is 2. The van der Waals surface area contributed by atoms with Gasteiger partial charge in [0.15, 0.2) is 0 Å². The van der Waals surface area contributed by atoms with Crippen LogP contribution in [0, 0.1) is 0 Å². The van der Waals surface area contributed by atoms with Gasteiger partial charge >= 0.3 is 0 Å². The molecule has 2 aliphatic heterocycles. The molecule has 2 fully saturated rings. The van der Waals surface area contributed by atoms with E-state index in [-0.39, 0.29) is 5.91 Å². The summed E-state index contributed by atoms with van der Waals surface area (Å²) in [4.78, 5) is 13.6.